The Morgan fingerprint density at radius 3 is 2.44 bits per heavy atom. The van der Waals surface area contributed by atoms with E-state index in [0.29, 0.717) is 19.8 Å². The van der Waals surface area contributed by atoms with Crippen LogP contribution in [0.15, 0.2) is 59.8 Å². The predicted molar refractivity (Wildman–Crippen MR) is 101 cm³/mol. The molecular formula is C21H27NO3. The lowest BCUT2D eigenvalue weighted by Gasteiger charge is -2.23. The molecular weight excluding hydrogens is 314 g/mol. The second kappa shape index (κ2) is 9.23. The average molecular weight is 341 g/mol. The van der Waals surface area contributed by atoms with Crippen molar-refractivity contribution in [1.82, 2.24) is 0 Å². The van der Waals surface area contributed by atoms with Gasteiger partial charge in [-0.3, -0.25) is 0 Å². The molecule has 2 aromatic rings. The highest BCUT2D eigenvalue weighted by atomic mass is 16.6. The second-order valence-electron chi connectivity index (χ2n) is 6.53. The second-order valence-corrected chi connectivity index (χ2v) is 6.53. The van der Waals surface area contributed by atoms with E-state index in [0.717, 1.165) is 22.8 Å². The van der Waals surface area contributed by atoms with E-state index in [2.05, 4.69) is 19.0 Å². The fraction of sp³-hybridized carbons (Fsp3) is 0.381. The molecule has 0 aromatic heterocycles. The zero-order valence-electron chi connectivity index (χ0n) is 15.5. The van der Waals surface area contributed by atoms with Gasteiger partial charge in [-0.05, 0) is 43.7 Å². The van der Waals surface area contributed by atoms with Crippen LogP contribution in [0.3, 0.4) is 0 Å². The first kappa shape index (κ1) is 19.0. The standard InChI is InChI=1S/C21H27NO3/c1-5-24-22-17(2)21(3,4)16-23-15-18-10-9-13-20(14-18)25-19-11-7-6-8-12-19/h6-14H,5,15-16H2,1-4H3. The molecule has 0 aliphatic heterocycles. The minimum absolute atomic E-state index is 0.173. The van der Waals surface area contributed by atoms with Crippen LogP contribution in [0.1, 0.15) is 33.3 Å². The Labute approximate surface area is 150 Å². The largest absolute Gasteiger partial charge is 0.457 e. The van der Waals surface area contributed by atoms with Crippen LogP contribution in [0.5, 0.6) is 11.5 Å². The van der Waals surface area contributed by atoms with E-state index in [9.17, 15) is 0 Å². The number of para-hydroxylation sites is 1. The van der Waals surface area contributed by atoms with Crippen molar-refractivity contribution < 1.29 is 14.3 Å². The van der Waals surface area contributed by atoms with Crippen LogP contribution in [0.4, 0.5) is 0 Å². The van der Waals surface area contributed by atoms with Crippen LogP contribution in [-0.4, -0.2) is 18.9 Å². The third-order valence-electron chi connectivity index (χ3n) is 3.92. The highest BCUT2D eigenvalue weighted by Crippen LogP contribution is 2.23. The van der Waals surface area contributed by atoms with Crippen LogP contribution < -0.4 is 4.74 Å². The first-order valence-corrected chi connectivity index (χ1v) is 8.58. The minimum atomic E-state index is -0.173. The van der Waals surface area contributed by atoms with Crippen molar-refractivity contribution in [3.8, 4) is 11.5 Å². The Balaban J connectivity index is 1.90. The van der Waals surface area contributed by atoms with Crippen molar-refractivity contribution in [2.75, 3.05) is 13.2 Å². The molecule has 0 spiro atoms. The average Bonchev–Trinajstić information content (AvgIpc) is 2.60. The molecule has 0 saturated heterocycles. The zero-order valence-corrected chi connectivity index (χ0v) is 15.5. The van der Waals surface area contributed by atoms with Crippen molar-refractivity contribution in [3.63, 3.8) is 0 Å². The molecule has 0 heterocycles. The Kier molecular flexibility index (Phi) is 7.02. The number of rotatable bonds is 9. The summed E-state index contributed by atoms with van der Waals surface area (Å²) in [5.74, 6) is 1.63. The smallest absolute Gasteiger partial charge is 0.127 e. The molecule has 0 aliphatic carbocycles. The molecule has 2 aromatic carbocycles. The molecule has 0 aliphatic rings. The maximum absolute atomic E-state index is 5.90. The van der Waals surface area contributed by atoms with Gasteiger partial charge in [-0.25, -0.2) is 0 Å². The summed E-state index contributed by atoms with van der Waals surface area (Å²) in [5.41, 5.74) is 1.83. The van der Waals surface area contributed by atoms with Gasteiger partial charge in [-0.15, -0.1) is 0 Å². The number of oxime groups is 1. The molecule has 0 saturated carbocycles. The SMILES string of the molecule is CCON=C(C)C(C)(C)COCc1cccc(Oc2ccccc2)c1. The van der Waals surface area contributed by atoms with E-state index in [1.807, 2.05) is 68.4 Å². The fourth-order valence-electron chi connectivity index (χ4n) is 2.14. The molecule has 0 atom stereocenters. The van der Waals surface area contributed by atoms with E-state index in [-0.39, 0.29) is 5.41 Å². The maximum atomic E-state index is 5.90. The number of benzene rings is 2. The van der Waals surface area contributed by atoms with Gasteiger partial charge in [0.2, 0.25) is 0 Å². The van der Waals surface area contributed by atoms with Crippen molar-refractivity contribution in [1.29, 1.82) is 0 Å². The minimum Gasteiger partial charge on any atom is -0.457 e. The zero-order chi connectivity index (χ0) is 18.1. The highest BCUT2D eigenvalue weighted by Gasteiger charge is 2.23. The van der Waals surface area contributed by atoms with Gasteiger partial charge in [-0.2, -0.15) is 0 Å². The van der Waals surface area contributed by atoms with Gasteiger partial charge < -0.3 is 14.3 Å². The lowest BCUT2D eigenvalue weighted by Crippen LogP contribution is -2.28. The van der Waals surface area contributed by atoms with Gasteiger partial charge in [0.05, 0.1) is 18.9 Å². The number of hydrogen-bond donors (Lipinski definition) is 0. The normalized spacial score (nSPS) is 12.1. The molecule has 0 unspecified atom stereocenters. The summed E-state index contributed by atoms with van der Waals surface area (Å²) in [6, 6.07) is 17.7. The van der Waals surface area contributed by atoms with Gasteiger partial charge in [0.15, 0.2) is 0 Å². The summed E-state index contributed by atoms with van der Waals surface area (Å²) < 4.78 is 11.8. The van der Waals surface area contributed by atoms with Crippen molar-refractivity contribution >= 4 is 5.71 Å². The molecule has 4 heteroatoms. The van der Waals surface area contributed by atoms with Crippen molar-refractivity contribution in [2.45, 2.75) is 34.3 Å². The van der Waals surface area contributed by atoms with Crippen LogP contribution in [0, 0.1) is 5.41 Å². The Morgan fingerprint density at radius 2 is 1.72 bits per heavy atom. The third-order valence-corrected chi connectivity index (χ3v) is 3.92. The van der Waals surface area contributed by atoms with Gasteiger partial charge in [0.1, 0.15) is 18.1 Å². The van der Waals surface area contributed by atoms with Gasteiger partial charge in [0, 0.05) is 5.41 Å². The molecule has 4 nitrogen and oxygen atoms in total. The lowest BCUT2D eigenvalue weighted by atomic mass is 9.89. The number of nitrogens with zero attached hydrogens (tertiary/aromatic N) is 1. The van der Waals surface area contributed by atoms with Crippen molar-refractivity contribution in [3.05, 3.63) is 60.2 Å². The fourth-order valence-corrected chi connectivity index (χ4v) is 2.14. The highest BCUT2D eigenvalue weighted by molar-refractivity contribution is 5.86. The summed E-state index contributed by atoms with van der Waals surface area (Å²) >= 11 is 0. The summed E-state index contributed by atoms with van der Waals surface area (Å²) in [4.78, 5) is 5.13. The van der Waals surface area contributed by atoms with Gasteiger partial charge >= 0.3 is 0 Å². The molecule has 0 fully saturated rings. The molecule has 0 N–H and O–H groups in total. The molecule has 0 bridgehead atoms. The Bertz CT molecular complexity index is 681. The first-order chi connectivity index (χ1) is 12.0. The molecule has 0 amide bonds. The first-order valence-electron chi connectivity index (χ1n) is 8.58. The van der Waals surface area contributed by atoms with Crippen molar-refractivity contribution in [2.24, 2.45) is 10.6 Å². The number of ether oxygens (including phenoxy) is 2. The lowest BCUT2D eigenvalue weighted by molar-refractivity contribution is 0.0750. The van der Waals surface area contributed by atoms with E-state index < -0.39 is 0 Å². The summed E-state index contributed by atoms with van der Waals surface area (Å²) in [5, 5.41) is 4.12. The summed E-state index contributed by atoms with van der Waals surface area (Å²) in [6.07, 6.45) is 0. The maximum Gasteiger partial charge on any atom is 0.127 e. The van der Waals surface area contributed by atoms with E-state index in [1.165, 1.54) is 0 Å². The molecule has 134 valence electrons. The van der Waals surface area contributed by atoms with Crippen LogP contribution in [0.2, 0.25) is 0 Å². The third kappa shape index (κ3) is 6.24. The van der Waals surface area contributed by atoms with E-state index in [1.54, 1.807) is 0 Å². The Hall–Kier alpha value is -2.33. The van der Waals surface area contributed by atoms with Gasteiger partial charge in [-0.1, -0.05) is 49.3 Å². The predicted octanol–water partition coefficient (Wildman–Crippen LogP) is 5.43. The van der Waals surface area contributed by atoms with Crippen LogP contribution in [0.25, 0.3) is 0 Å². The van der Waals surface area contributed by atoms with Crippen LogP contribution >= 0.6 is 0 Å². The van der Waals surface area contributed by atoms with Crippen LogP contribution in [-0.2, 0) is 16.2 Å². The Morgan fingerprint density at radius 1 is 1.00 bits per heavy atom. The van der Waals surface area contributed by atoms with E-state index in [4.69, 9.17) is 14.3 Å². The quantitative estimate of drug-likeness (QED) is 0.451. The molecule has 0 radical (unpaired) electrons. The molecule has 2 rings (SSSR count). The van der Waals surface area contributed by atoms with Gasteiger partial charge in [0.25, 0.3) is 0 Å². The summed E-state index contributed by atoms with van der Waals surface area (Å²) in [6.45, 7) is 9.75. The summed E-state index contributed by atoms with van der Waals surface area (Å²) in [7, 11) is 0. The van der Waals surface area contributed by atoms with E-state index >= 15 is 0 Å². The topological polar surface area (TPSA) is 40.0 Å². The monoisotopic (exact) mass is 341 g/mol. The number of hydrogen-bond acceptors (Lipinski definition) is 4. The molecule has 25 heavy (non-hydrogen) atoms.